The molecule has 0 aliphatic carbocycles. The largest absolute Gasteiger partial charge is 0.292 e. The molecule has 4 nitrogen and oxygen atoms in total. The minimum atomic E-state index is 0.876. The van der Waals surface area contributed by atoms with Crippen molar-refractivity contribution in [3.05, 3.63) is 255 Å². The van der Waals surface area contributed by atoms with Crippen molar-refractivity contribution >= 4 is 65.2 Å². The van der Waals surface area contributed by atoms with Gasteiger partial charge in [0, 0.05) is 33.8 Å². The Morgan fingerprint density at radius 3 is 1.54 bits per heavy atom. The summed E-state index contributed by atoms with van der Waals surface area (Å²) in [6, 6.07) is 89.2. The van der Waals surface area contributed by atoms with Gasteiger partial charge in [0.25, 0.3) is 0 Å². The van der Waals surface area contributed by atoms with Crippen LogP contribution in [0.2, 0.25) is 0 Å². The molecule has 0 aliphatic heterocycles. The third kappa shape index (κ3) is 6.80. The molecule has 14 rings (SSSR count). The minimum Gasteiger partial charge on any atom is -0.292 e. The Balaban J connectivity index is 0.875. The zero-order valence-electron chi connectivity index (χ0n) is 38.5. The van der Waals surface area contributed by atoms with Crippen molar-refractivity contribution in [1.82, 2.24) is 19.5 Å². The van der Waals surface area contributed by atoms with E-state index in [0.717, 1.165) is 83.4 Å². The molecule has 14 aromatic rings. The monoisotopic (exact) mass is 902 g/mol. The summed E-state index contributed by atoms with van der Waals surface area (Å²) in [7, 11) is 0. The first-order valence-corrected chi connectivity index (χ1v) is 24.2. The van der Waals surface area contributed by atoms with Gasteiger partial charge in [-0.05, 0) is 119 Å². The fraction of sp³-hybridized carbons (Fsp3) is 0. The maximum Gasteiger partial charge on any atom is 0.145 e. The number of rotatable bonds is 7. The van der Waals surface area contributed by atoms with E-state index in [1.807, 2.05) is 6.20 Å². The molecule has 0 radical (unpaired) electrons. The highest BCUT2D eigenvalue weighted by Gasteiger charge is 2.20. The highest BCUT2D eigenvalue weighted by atomic mass is 15.1. The lowest BCUT2D eigenvalue weighted by atomic mass is 9.85. The molecule has 0 amide bonds. The Hall–Kier alpha value is -9.51. The van der Waals surface area contributed by atoms with Gasteiger partial charge >= 0.3 is 0 Å². The van der Waals surface area contributed by atoms with Crippen molar-refractivity contribution < 1.29 is 0 Å². The first-order chi connectivity index (χ1) is 35.2. The van der Waals surface area contributed by atoms with Gasteiger partial charge in [-0.15, -0.1) is 0 Å². The maximum absolute atomic E-state index is 5.42. The number of benzene rings is 11. The topological polar surface area (TPSA) is 43.6 Å². The van der Waals surface area contributed by atoms with Gasteiger partial charge in [-0.1, -0.05) is 206 Å². The first-order valence-electron chi connectivity index (χ1n) is 24.2. The van der Waals surface area contributed by atoms with Crippen LogP contribution in [-0.4, -0.2) is 19.5 Å². The molecule has 0 saturated carbocycles. The number of aromatic nitrogens is 4. The normalized spacial score (nSPS) is 11.7. The van der Waals surface area contributed by atoms with Gasteiger partial charge in [-0.3, -0.25) is 9.55 Å². The first kappa shape index (κ1) is 40.5. The number of hydrogen-bond donors (Lipinski definition) is 0. The fourth-order valence-corrected chi connectivity index (χ4v) is 10.9. The second kappa shape index (κ2) is 16.6. The van der Waals surface area contributed by atoms with Gasteiger partial charge in [0.05, 0.1) is 27.8 Å². The molecule has 330 valence electrons. The number of pyridine rings is 2. The smallest absolute Gasteiger partial charge is 0.145 e. The summed E-state index contributed by atoms with van der Waals surface area (Å²) in [5, 5.41) is 9.57. The van der Waals surface area contributed by atoms with E-state index in [0.29, 0.717) is 0 Å². The van der Waals surface area contributed by atoms with Crippen molar-refractivity contribution in [2.45, 2.75) is 0 Å². The standard InChI is InChI=1S/C67H42N4/c1-3-16-44(17-4-1)52-39-40-68-65-57(52)37-38-58-59(45-18-5-2-6-19-45)42-61(69-66(58)65)46-28-30-48(31-29-46)67-70-60-25-13-14-26-62(60)71(67)51-35-33-47(34-36-51)63-53-21-9-11-23-55(53)64(56-24-12-10-22-54(56)63)50-32-27-43-15-7-8-20-49(43)41-50/h1-42H. The fourth-order valence-electron chi connectivity index (χ4n) is 10.9. The summed E-state index contributed by atoms with van der Waals surface area (Å²) >= 11 is 0. The van der Waals surface area contributed by atoms with Crippen LogP contribution in [0.25, 0.3) is 138 Å². The molecule has 4 heteroatoms. The molecule has 0 spiro atoms. The van der Waals surface area contributed by atoms with Gasteiger partial charge in [-0.25, -0.2) is 9.97 Å². The van der Waals surface area contributed by atoms with Crippen LogP contribution in [0.1, 0.15) is 0 Å². The maximum atomic E-state index is 5.42. The number of nitrogens with zero attached hydrogens (tertiary/aromatic N) is 4. The second-order valence-corrected chi connectivity index (χ2v) is 18.3. The van der Waals surface area contributed by atoms with E-state index in [2.05, 4.69) is 253 Å². The second-order valence-electron chi connectivity index (χ2n) is 18.3. The zero-order valence-corrected chi connectivity index (χ0v) is 38.5. The van der Waals surface area contributed by atoms with E-state index in [4.69, 9.17) is 15.0 Å². The molecular weight excluding hydrogens is 861 g/mol. The third-order valence-corrected chi connectivity index (χ3v) is 14.2. The van der Waals surface area contributed by atoms with E-state index in [9.17, 15) is 0 Å². The number of fused-ring (bicyclic) bond motifs is 7. The SMILES string of the molecule is c1ccc(-c2ccnc3c2ccc2c(-c4ccccc4)cc(-c4ccc(-c5nc6ccccc6n5-c5ccc(-c6c7ccccc7c(-c7ccc8ccccc8c7)c7ccccc67)cc5)cc4)nc23)cc1. The van der Waals surface area contributed by atoms with E-state index in [1.165, 1.54) is 54.6 Å². The minimum absolute atomic E-state index is 0.876. The molecule has 0 aliphatic rings. The highest BCUT2D eigenvalue weighted by Crippen LogP contribution is 2.45. The molecule has 0 saturated heterocycles. The van der Waals surface area contributed by atoms with Crippen molar-refractivity contribution in [3.8, 4) is 72.8 Å². The number of imidazole rings is 1. The molecular formula is C67H42N4. The van der Waals surface area contributed by atoms with Crippen LogP contribution < -0.4 is 0 Å². The Labute approximate surface area is 410 Å². The van der Waals surface area contributed by atoms with Gasteiger partial charge < -0.3 is 0 Å². The summed E-state index contributed by atoms with van der Waals surface area (Å²) in [4.78, 5) is 15.7. The Morgan fingerprint density at radius 1 is 0.310 bits per heavy atom. The number of para-hydroxylation sites is 2. The molecule has 11 aromatic carbocycles. The summed E-state index contributed by atoms with van der Waals surface area (Å²) in [5.74, 6) is 0.876. The van der Waals surface area contributed by atoms with Crippen molar-refractivity contribution in [2.75, 3.05) is 0 Å². The molecule has 0 bridgehead atoms. The molecule has 0 atom stereocenters. The van der Waals surface area contributed by atoms with Gasteiger partial charge in [0.15, 0.2) is 0 Å². The van der Waals surface area contributed by atoms with Crippen LogP contribution in [0.15, 0.2) is 255 Å². The molecule has 3 aromatic heterocycles. The van der Waals surface area contributed by atoms with Crippen LogP contribution in [0.5, 0.6) is 0 Å². The lowest BCUT2D eigenvalue weighted by Crippen LogP contribution is -1.98. The molecule has 0 unspecified atom stereocenters. The molecule has 71 heavy (non-hydrogen) atoms. The molecule has 0 fully saturated rings. The predicted molar refractivity (Wildman–Crippen MR) is 297 cm³/mol. The summed E-state index contributed by atoms with van der Waals surface area (Å²) in [5.41, 5.74) is 17.1. The third-order valence-electron chi connectivity index (χ3n) is 14.2. The predicted octanol–water partition coefficient (Wildman–Crippen LogP) is 17.6. The Bertz CT molecular complexity index is 4310. The van der Waals surface area contributed by atoms with E-state index in [-0.39, 0.29) is 0 Å². The van der Waals surface area contributed by atoms with Crippen LogP contribution in [0.4, 0.5) is 0 Å². The summed E-state index contributed by atoms with van der Waals surface area (Å²) < 4.78 is 2.29. The van der Waals surface area contributed by atoms with E-state index >= 15 is 0 Å². The lowest BCUT2D eigenvalue weighted by Gasteiger charge is -2.18. The quantitative estimate of drug-likeness (QED) is 0.118. The lowest BCUT2D eigenvalue weighted by molar-refractivity contribution is 1.10. The van der Waals surface area contributed by atoms with Crippen molar-refractivity contribution in [3.63, 3.8) is 0 Å². The Kier molecular flexibility index (Phi) is 9.49. The van der Waals surface area contributed by atoms with E-state index < -0.39 is 0 Å². The van der Waals surface area contributed by atoms with Gasteiger partial charge in [0.2, 0.25) is 0 Å². The van der Waals surface area contributed by atoms with Gasteiger partial charge in [-0.2, -0.15) is 0 Å². The Morgan fingerprint density at radius 2 is 0.845 bits per heavy atom. The average Bonchev–Trinajstić information content (AvgIpc) is 3.84. The molecule has 3 heterocycles. The van der Waals surface area contributed by atoms with E-state index in [1.54, 1.807) is 0 Å². The van der Waals surface area contributed by atoms with Crippen LogP contribution in [0.3, 0.4) is 0 Å². The van der Waals surface area contributed by atoms with Crippen LogP contribution >= 0.6 is 0 Å². The average molecular weight is 903 g/mol. The summed E-state index contributed by atoms with van der Waals surface area (Å²) in [6.07, 6.45) is 1.91. The molecule has 0 N–H and O–H groups in total. The number of hydrogen-bond acceptors (Lipinski definition) is 3. The van der Waals surface area contributed by atoms with Gasteiger partial charge in [0.1, 0.15) is 5.82 Å². The zero-order chi connectivity index (χ0) is 46.8. The summed E-state index contributed by atoms with van der Waals surface area (Å²) in [6.45, 7) is 0. The van der Waals surface area contributed by atoms with Crippen molar-refractivity contribution in [2.24, 2.45) is 0 Å². The van der Waals surface area contributed by atoms with Crippen LogP contribution in [-0.2, 0) is 0 Å². The van der Waals surface area contributed by atoms with Crippen molar-refractivity contribution in [1.29, 1.82) is 0 Å². The van der Waals surface area contributed by atoms with Crippen LogP contribution in [0, 0.1) is 0 Å². The highest BCUT2D eigenvalue weighted by molar-refractivity contribution is 6.22.